The molecule has 4 amide bonds. The number of rotatable bonds is 4. The van der Waals surface area contributed by atoms with Gasteiger partial charge in [-0.3, -0.25) is 29.0 Å². The summed E-state index contributed by atoms with van der Waals surface area (Å²) in [6.07, 6.45) is 2.17. The van der Waals surface area contributed by atoms with Gasteiger partial charge < -0.3 is 5.11 Å². The molecule has 2 aliphatic carbocycles. The molecular formula is C29H25BrCl2N2O5. The Morgan fingerprint density at radius 1 is 0.974 bits per heavy atom. The molecule has 10 heteroatoms. The summed E-state index contributed by atoms with van der Waals surface area (Å²) < 4.78 is 0. The molecule has 2 heterocycles. The molecule has 6 rings (SSSR count). The molecule has 1 saturated carbocycles. The molecule has 202 valence electrons. The third-order valence-electron chi connectivity index (χ3n) is 8.84. The molecule has 4 aliphatic rings. The molecule has 2 aromatic carbocycles. The largest absolute Gasteiger partial charge is 0.508 e. The van der Waals surface area contributed by atoms with Crippen molar-refractivity contribution in [3.8, 4) is 5.75 Å². The van der Waals surface area contributed by atoms with Crippen LogP contribution in [0, 0.1) is 24.7 Å². The highest BCUT2D eigenvalue weighted by Gasteiger charge is 2.76. The summed E-state index contributed by atoms with van der Waals surface area (Å²) in [7, 11) is 0. The molecule has 0 aromatic heterocycles. The van der Waals surface area contributed by atoms with Gasteiger partial charge in [0.1, 0.15) is 5.75 Å². The summed E-state index contributed by atoms with van der Waals surface area (Å²) in [5, 5.41) is 10.2. The highest BCUT2D eigenvalue weighted by Crippen LogP contribution is 2.65. The number of aryl methyl sites for hydroxylation is 1. The van der Waals surface area contributed by atoms with Crippen molar-refractivity contribution >= 4 is 62.8 Å². The second-order valence-electron chi connectivity index (χ2n) is 10.8. The number of fused-ring (bicyclic) bond motifs is 4. The van der Waals surface area contributed by atoms with Crippen LogP contribution < -0.4 is 0 Å². The first-order valence-electron chi connectivity index (χ1n) is 12.7. The summed E-state index contributed by atoms with van der Waals surface area (Å²) in [6.45, 7) is 1.89. The fourth-order valence-corrected chi connectivity index (χ4v) is 8.40. The standard InChI is InChI=1S/C29H25BrCl2N2O5/c1-15-11-17(7-10-21(15)35)23-18-8-9-19-22(25(37)33(24(19)36)13-16-5-3-2-4-6-16)20(18)12-28(31)26(38)34(14-30)27(39)29(23,28)32/h2-8,10-11,19-20,22-23,35H,9,12-14H2,1H3/t19-,20+,22-,23-,28+,29-/m0/s1. The number of allylic oxidation sites excluding steroid dienone is 2. The van der Waals surface area contributed by atoms with Crippen molar-refractivity contribution in [3.05, 3.63) is 76.9 Å². The Bertz CT molecular complexity index is 1460. The normalized spacial score (nSPS) is 33.7. The minimum Gasteiger partial charge on any atom is -0.508 e. The lowest BCUT2D eigenvalue weighted by molar-refractivity contribution is -0.141. The van der Waals surface area contributed by atoms with E-state index in [0.717, 1.165) is 16.0 Å². The fraction of sp³-hybridized carbons (Fsp3) is 0.379. The summed E-state index contributed by atoms with van der Waals surface area (Å²) in [6, 6.07) is 14.2. The Morgan fingerprint density at radius 2 is 1.69 bits per heavy atom. The van der Waals surface area contributed by atoms with Crippen LogP contribution in [-0.4, -0.2) is 53.7 Å². The Balaban J connectivity index is 1.48. The number of amides is 4. The molecule has 0 spiro atoms. The number of carbonyl (C=O) groups excluding carboxylic acids is 4. The smallest absolute Gasteiger partial charge is 0.254 e. The molecule has 3 fully saturated rings. The van der Waals surface area contributed by atoms with Crippen LogP contribution in [0.2, 0.25) is 0 Å². The maximum Gasteiger partial charge on any atom is 0.254 e. The van der Waals surface area contributed by atoms with Gasteiger partial charge in [-0.1, -0.05) is 70.0 Å². The molecule has 0 radical (unpaired) electrons. The second-order valence-corrected chi connectivity index (χ2v) is 12.5. The van der Waals surface area contributed by atoms with E-state index in [1.165, 1.54) is 11.0 Å². The predicted molar refractivity (Wildman–Crippen MR) is 148 cm³/mol. The van der Waals surface area contributed by atoms with Crippen molar-refractivity contribution in [1.82, 2.24) is 9.80 Å². The number of phenols is 1. The van der Waals surface area contributed by atoms with Crippen LogP contribution in [0.4, 0.5) is 0 Å². The van der Waals surface area contributed by atoms with E-state index in [1.54, 1.807) is 19.1 Å². The Hall–Kier alpha value is -2.68. The van der Waals surface area contributed by atoms with E-state index < -0.39 is 45.2 Å². The highest BCUT2D eigenvalue weighted by atomic mass is 79.9. The molecule has 7 nitrogen and oxygen atoms in total. The van der Waals surface area contributed by atoms with Gasteiger partial charge in [0.25, 0.3) is 11.8 Å². The average Bonchev–Trinajstić information content (AvgIpc) is 3.24. The van der Waals surface area contributed by atoms with Crippen molar-refractivity contribution in [3.63, 3.8) is 0 Å². The Labute approximate surface area is 243 Å². The van der Waals surface area contributed by atoms with E-state index in [1.807, 2.05) is 36.4 Å². The van der Waals surface area contributed by atoms with Crippen LogP contribution in [0.25, 0.3) is 0 Å². The van der Waals surface area contributed by atoms with Crippen LogP contribution in [-0.2, 0) is 25.7 Å². The fourth-order valence-electron chi connectivity index (χ4n) is 6.97. The van der Waals surface area contributed by atoms with Crippen molar-refractivity contribution in [2.45, 2.75) is 42.0 Å². The van der Waals surface area contributed by atoms with Gasteiger partial charge in [0, 0.05) is 5.92 Å². The topological polar surface area (TPSA) is 95.0 Å². The van der Waals surface area contributed by atoms with E-state index >= 15 is 0 Å². The number of hydrogen-bond acceptors (Lipinski definition) is 5. The van der Waals surface area contributed by atoms with Crippen molar-refractivity contribution in [2.24, 2.45) is 17.8 Å². The van der Waals surface area contributed by atoms with Crippen LogP contribution >= 0.6 is 39.1 Å². The molecule has 6 atom stereocenters. The van der Waals surface area contributed by atoms with Gasteiger partial charge in [0.05, 0.1) is 23.8 Å². The van der Waals surface area contributed by atoms with Crippen LogP contribution in [0.1, 0.15) is 35.4 Å². The lowest BCUT2D eigenvalue weighted by atomic mass is 9.56. The van der Waals surface area contributed by atoms with E-state index in [9.17, 15) is 24.3 Å². The number of alkyl halides is 3. The minimum absolute atomic E-state index is 0.0507. The molecule has 39 heavy (non-hydrogen) atoms. The van der Waals surface area contributed by atoms with Gasteiger partial charge in [-0.15, -0.1) is 23.2 Å². The van der Waals surface area contributed by atoms with Gasteiger partial charge in [0.15, 0.2) is 9.75 Å². The Kier molecular flexibility index (Phi) is 6.25. The van der Waals surface area contributed by atoms with E-state index in [-0.39, 0.29) is 36.0 Å². The zero-order valence-electron chi connectivity index (χ0n) is 20.9. The van der Waals surface area contributed by atoms with Crippen LogP contribution in [0.3, 0.4) is 0 Å². The Morgan fingerprint density at radius 3 is 2.36 bits per heavy atom. The van der Waals surface area contributed by atoms with Gasteiger partial charge in [0.2, 0.25) is 11.8 Å². The lowest BCUT2D eigenvalue weighted by Crippen LogP contribution is -2.60. The number of nitrogens with zero attached hydrogens (tertiary/aromatic N) is 2. The van der Waals surface area contributed by atoms with E-state index in [0.29, 0.717) is 17.5 Å². The number of aromatic hydroxyl groups is 1. The first-order valence-corrected chi connectivity index (χ1v) is 14.6. The summed E-state index contributed by atoms with van der Waals surface area (Å²) in [5.74, 6) is -4.44. The average molecular weight is 632 g/mol. The van der Waals surface area contributed by atoms with Crippen molar-refractivity contribution in [2.75, 3.05) is 5.45 Å². The second kappa shape index (κ2) is 9.18. The number of halogens is 3. The van der Waals surface area contributed by atoms with Crippen molar-refractivity contribution < 1.29 is 24.3 Å². The molecular weight excluding hydrogens is 607 g/mol. The van der Waals surface area contributed by atoms with Crippen molar-refractivity contribution in [1.29, 1.82) is 0 Å². The molecule has 0 bridgehead atoms. The van der Waals surface area contributed by atoms with Crippen LogP contribution in [0.15, 0.2) is 60.2 Å². The molecule has 2 saturated heterocycles. The summed E-state index contributed by atoms with van der Waals surface area (Å²) >= 11 is 17.6. The molecule has 0 unspecified atom stereocenters. The molecule has 1 N–H and O–H groups in total. The number of imide groups is 2. The number of benzene rings is 2. The van der Waals surface area contributed by atoms with E-state index in [2.05, 4.69) is 15.9 Å². The predicted octanol–water partition coefficient (Wildman–Crippen LogP) is 4.61. The first-order chi connectivity index (χ1) is 18.5. The maximum absolute atomic E-state index is 13.9. The maximum atomic E-state index is 13.9. The SMILES string of the molecule is Cc1cc([C@H]2C3=CC[C@@H]4C(=O)N(Cc5ccccc5)C(=O)[C@@H]4[C@@H]3C[C@@]3(Cl)C(=O)N(CBr)C(=O)[C@@]23Cl)ccc1O. The summed E-state index contributed by atoms with van der Waals surface area (Å²) in [4.78, 5) is 53.5. The summed E-state index contributed by atoms with van der Waals surface area (Å²) in [5.41, 5.74) is 2.67. The first kappa shape index (κ1) is 26.5. The van der Waals surface area contributed by atoms with Crippen LogP contribution in [0.5, 0.6) is 5.75 Å². The number of hydrogen-bond donors (Lipinski definition) is 1. The molecule has 2 aliphatic heterocycles. The molecule has 2 aromatic rings. The third kappa shape index (κ3) is 3.54. The lowest BCUT2D eigenvalue weighted by Gasteiger charge is -2.50. The van der Waals surface area contributed by atoms with Gasteiger partial charge in [-0.25, -0.2) is 0 Å². The number of phenolic OH excluding ortho intramolecular Hbond substituents is 1. The zero-order valence-corrected chi connectivity index (χ0v) is 24.0. The van der Waals surface area contributed by atoms with E-state index in [4.69, 9.17) is 23.2 Å². The van der Waals surface area contributed by atoms with Gasteiger partial charge >= 0.3 is 0 Å². The third-order valence-corrected chi connectivity index (χ3v) is 10.8. The number of likely N-dealkylation sites (tertiary alicyclic amines) is 2. The van der Waals surface area contributed by atoms with Gasteiger partial charge in [-0.05, 0) is 48.4 Å². The minimum atomic E-state index is -1.85. The zero-order chi connectivity index (χ0) is 27.9. The monoisotopic (exact) mass is 630 g/mol. The van der Waals surface area contributed by atoms with Gasteiger partial charge in [-0.2, -0.15) is 0 Å². The quantitative estimate of drug-likeness (QED) is 0.230. The number of carbonyl (C=O) groups is 4. The highest BCUT2D eigenvalue weighted by molar-refractivity contribution is 9.09.